The molecule has 1 rings (SSSR count). The molecule has 5 nitrogen and oxygen atoms in total. The smallest absolute Gasteiger partial charge is 0.289 e. The summed E-state index contributed by atoms with van der Waals surface area (Å²) in [5.74, 6) is -63.3. The van der Waals surface area contributed by atoms with E-state index in [1.54, 1.807) is 0 Å². The Bertz CT molecular complexity index is 859. The monoisotopic (exact) mass is 530 g/mol. The third-order valence-electron chi connectivity index (χ3n) is 3.65. The van der Waals surface area contributed by atoms with Crippen molar-refractivity contribution in [1.29, 1.82) is 0 Å². The Labute approximate surface area is 167 Å². The van der Waals surface area contributed by atoms with E-state index in [0.29, 0.717) is 11.6 Å². The molecule has 2 N–H and O–H groups in total. The zero-order chi connectivity index (χ0) is 26.7. The highest BCUT2D eigenvalue weighted by Gasteiger charge is 2.95. The standard InChI is InChI=1S/C11H3F17N4O/c12-4(13,2(33)31-3-29-1-30-32-3)5(14,15)6(16,17)7(18,19)8(20,21)9(22,23)10(24,25)11(26,27)28/h1H,(H2,29,30,31,32,33). The van der Waals surface area contributed by atoms with Gasteiger partial charge in [-0.1, -0.05) is 0 Å². The summed E-state index contributed by atoms with van der Waals surface area (Å²) >= 11 is 0. The van der Waals surface area contributed by atoms with E-state index in [1.807, 2.05) is 0 Å². The maximum absolute atomic E-state index is 13.5. The molecule has 0 aliphatic rings. The Morgan fingerprint density at radius 1 is 0.636 bits per heavy atom. The number of anilines is 1. The molecule has 0 saturated carbocycles. The number of hydrogen-bond acceptors (Lipinski definition) is 3. The van der Waals surface area contributed by atoms with Crippen LogP contribution in [0.2, 0.25) is 0 Å². The van der Waals surface area contributed by atoms with Crippen molar-refractivity contribution in [2.24, 2.45) is 0 Å². The maximum Gasteiger partial charge on any atom is 0.460 e. The Morgan fingerprint density at radius 3 is 1.33 bits per heavy atom. The molecule has 22 heteroatoms. The number of H-pyrrole nitrogens is 1. The van der Waals surface area contributed by atoms with Crippen molar-refractivity contribution in [3.8, 4) is 0 Å². The van der Waals surface area contributed by atoms with Crippen LogP contribution in [-0.4, -0.2) is 68.7 Å². The first-order chi connectivity index (χ1) is 14.2. The third kappa shape index (κ3) is 3.69. The van der Waals surface area contributed by atoms with Gasteiger partial charge in [-0.2, -0.15) is 84.7 Å². The predicted octanol–water partition coefficient (Wildman–Crippen LogP) is 4.75. The van der Waals surface area contributed by atoms with E-state index in [2.05, 4.69) is 10.1 Å². The minimum atomic E-state index is -8.76. The molecule has 0 aliphatic heterocycles. The number of halogens is 17. The summed E-state index contributed by atoms with van der Waals surface area (Å²) in [5.41, 5.74) is 0. The SMILES string of the molecule is O=C(Nc1ncn[nH]1)C(F)(F)C(F)(F)C(F)(F)C(F)(F)C(F)(F)C(F)(F)C(F)(F)C(F)(F)F. The number of aromatic nitrogens is 3. The highest BCUT2D eigenvalue weighted by Crippen LogP contribution is 2.63. The van der Waals surface area contributed by atoms with E-state index < -0.39 is 59.5 Å². The van der Waals surface area contributed by atoms with Gasteiger partial charge in [0.05, 0.1) is 0 Å². The zero-order valence-corrected chi connectivity index (χ0v) is 14.3. The van der Waals surface area contributed by atoms with Crippen LogP contribution in [0.1, 0.15) is 0 Å². The van der Waals surface area contributed by atoms with Crippen LogP contribution >= 0.6 is 0 Å². The minimum Gasteiger partial charge on any atom is -0.289 e. The van der Waals surface area contributed by atoms with E-state index in [0.717, 1.165) is 0 Å². The summed E-state index contributed by atoms with van der Waals surface area (Å²) in [6, 6.07) is 0. The molecule has 0 aromatic carbocycles. The van der Waals surface area contributed by atoms with Crippen molar-refractivity contribution >= 4 is 11.9 Å². The lowest BCUT2D eigenvalue weighted by Crippen LogP contribution is -2.75. The molecule has 1 amide bonds. The maximum atomic E-state index is 13.5. The quantitative estimate of drug-likeness (QED) is 0.477. The van der Waals surface area contributed by atoms with Gasteiger partial charge in [0.15, 0.2) is 0 Å². The first-order valence-corrected chi connectivity index (χ1v) is 7.13. The number of rotatable bonds is 8. The molecule has 0 unspecified atom stereocenters. The molecule has 0 aliphatic carbocycles. The highest BCUT2D eigenvalue weighted by molar-refractivity contribution is 5.95. The Balaban J connectivity index is 3.57. The average molecular weight is 530 g/mol. The van der Waals surface area contributed by atoms with Gasteiger partial charge in [-0.15, -0.1) is 0 Å². The van der Waals surface area contributed by atoms with Crippen molar-refractivity contribution < 1.29 is 79.4 Å². The van der Waals surface area contributed by atoms with Crippen molar-refractivity contribution in [2.75, 3.05) is 5.32 Å². The van der Waals surface area contributed by atoms with Crippen LogP contribution < -0.4 is 5.32 Å². The number of carbonyl (C=O) groups is 1. The fourth-order valence-corrected chi connectivity index (χ4v) is 1.76. The largest absolute Gasteiger partial charge is 0.460 e. The van der Waals surface area contributed by atoms with Gasteiger partial charge in [-0.25, -0.2) is 5.10 Å². The van der Waals surface area contributed by atoms with E-state index >= 15 is 0 Å². The zero-order valence-electron chi connectivity index (χ0n) is 14.3. The lowest BCUT2D eigenvalue weighted by Gasteiger charge is -2.42. The lowest BCUT2D eigenvalue weighted by molar-refractivity contribution is -0.459. The molecule has 0 spiro atoms. The normalized spacial score (nSPS) is 15.5. The number of alkyl halides is 17. The summed E-state index contributed by atoms with van der Waals surface area (Å²) in [7, 11) is 0. The Morgan fingerprint density at radius 2 is 1.00 bits per heavy atom. The summed E-state index contributed by atoms with van der Waals surface area (Å²) in [6.45, 7) is 0. The van der Waals surface area contributed by atoms with E-state index in [9.17, 15) is 79.4 Å². The fraction of sp³-hybridized carbons (Fsp3) is 0.727. The van der Waals surface area contributed by atoms with E-state index in [4.69, 9.17) is 0 Å². The number of nitrogens with one attached hydrogen (secondary N) is 2. The van der Waals surface area contributed by atoms with Crippen LogP contribution in [0.5, 0.6) is 0 Å². The minimum absolute atomic E-state index is 0.359. The number of aromatic amines is 1. The average Bonchev–Trinajstić information content (AvgIpc) is 3.12. The molecule has 0 atom stereocenters. The van der Waals surface area contributed by atoms with Gasteiger partial charge in [-0.05, 0) is 0 Å². The van der Waals surface area contributed by atoms with Gasteiger partial charge in [0.25, 0.3) is 0 Å². The highest BCUT2D eigenvalue weighted by atomic mass is 19.4. The molecule has 0 saturated heterocycles. The van der Waals surface area contributed by atoms with Crippen LogP contribution in [0.25, 0.3) is 0 Å². The molecule has 1 aromatic heterocycles. The molecule has 0 radical (unpaired) electrons. The van der Waals surface area contributed by atoms with Gasteiger partial charge in [-0.3, -0.25) is 10.1 Å². The molecular formula is C11H3F17N4O. The first-order valence-electron chi connectivity index (χ1n) is 7.13. The van der Waals surface area contributed by atoms with Gasteiger partial charge < -0.3 is 0 Å². The second-order valence-corrected chi connectivity index (χ2v) is 5.81. The predicted molar refractivity (Wildman–Crippen MR) is 65.7 cm³/mol. The third-order valence-corrected chi connectivity index (χ3v) is 3.65. The summed E-state index contributed by atoms with van der Waals surface area (Å²) in [5, 5.41) is 4.76. The van der Waals surface area contributed by atoms with Crippen LogP contribution in [-0.2, 0) is 4.79 Å². The van der Waals surface area contributed by atoms with Crippen molar-refractivity contribution in [2.45, 2.75) is 47.6 Å². The Kier molecular flexibility index (Phi) is 6.44. The summed E-state index contributed by atoms with van der Waals surface area (Å²) in [6.07, 6.45) is -7.48. The molecule has 1 aromatic rings. The van der Waals surface area contributed by atoms with E-state index in [1.165, 1.54) is 5.10 Å². The Hall–Kier alpha value is -2.58. The van der Waals surface area contributed by atoms with Gasteiger partial charge in [0.1, 0.15) is 6.33 Å². The second kappa shape index (κ2) is 7.46. The molecule has 33 heavy (non-hydrogen) atoms. The summed E-state index contributed by atoms with van der Waals surface area (Å²) < 4.78 is 222. The number of amides is 1. The van der Waals surface area contributed by atoms with E-state index in [-0.39, 0.29) is 0 Å². The number of nitrogens with zero attached hydrogens (tertiary/aromatic N) is 2. The lowest BCUT2D eigenvalue weighted by atomic mass is 9.89. The topological polar surface area (TPSA) is 70.7 Å². The van der Waals surface area contributed by atoms with Gasteiger partial charge >= 0.3 is 53.5 Å². The molecule has 0 fully saturated rings. The second-order valence-electron chi connectivity index (χ2n) is 5.81. The van der Waals surface area contributed by atoms with Crippen molar-refractivity contribution in [3.05, 3.63) is 6.33 Å². The molecule has 192 valence electrons. The van der Waals surface area contributed by atoms with Crippen LogP contribution in [0.15, 0.2) is 6.33 Å². The first kappa shape index (κ1) is 28.5. The van der Waals surface area contributed by atoms with Gasteiger partial charge in [0, 0.05) is 0 Å². The van der Waals surface area contributed by atoms with Gasteiger partial charge in [0.2, 0.25) is 5.95 Å². The van der Waals surface area contributed by atoms with Crippen LogP contribution in [0.3, 0.4) is 0 Å². The number of hydrogen-bond donors (Lipinski definition) is 2. The molecule has 0 bridgehead atoms. The van der Waals surface area contributed by atoms with Crippen molar-refractivity contribution in [3.63, 3.8) is 0 Å². The van der Waals surface area contributed by atoms with Crippen molar-refractivity contribution in [1.82, 2.24) is 15.2 Å². The molecular weight excluding hydrogens is 527 g/mol. The fourth-order valence-electron chi connectivity index (χ4n) is 1.76. The summed E-state index contributed by atoms with van der Waals surface area (Å²) in [4.78, 5) is 13.8. The van der Waals surface area contributed by atoms with Crippen LogP contribution in [0, 0.1) is 0 Å². The van der Waals surface area contributed by atoms with Crippen LogP contribution in [0.4, 0.5) is 80.6 Å². The number of carbonyl (C=O) groups excluding carboxylic acids is 1. The molecule has 1 heterocycles.